The van der Waals surface area contributed by atoms with E-state index < -0.39 is 0 Å². The molecule has 96 valence electrons. The highest BCUT2D eigenvalue weighted by molar-refractivity contribution is 5.89. The van der Waals surface area contributed by atoms with Crippen LogP contribution in [0.2, 0.25) is 0 Å². The summed E-state index contributed by atoms with van der Waals surface area (Å²) >= 11 is 0. The van der Waals surface area contributed by atoms with E-state index in [2.05, 4.69) is 34.6 Å². The minimum Gasteiger partial charge on any atom is -0.383 e. The average molecular weight is 246 g/mol. The molecular formula is C13H18N4O. The summed E-state index contributed by atoms with van der Waals surface area (Å²) in [5.74, 6) is 0.557. The molecule has 1 fully saturated rings. The van der Waals surface area contributed by atoms with Gasteiger partial charge in [0.05, 0.1) is 11.5 Å². The smallest absolute Gasteiger partial charge is 0.147 e. The number of rotatable bonds is 2. The van der Waals surface area contributed by atoms with Gasteiger partial charge < -0.3 is 15.0 Å². The van der Waals surface area contributed by atoms with Gasteiger partial charge in [-0.1, -0.05) is 6.92 Å². The molecule has 3 heterocycles. The van der Waals surface area contributed by atoms with E-state index in [0.717, 1.165) is 30.3 Å². The summed E-state index contributed by atoms with van der Waals surface area (Å²) in [4.78, 5) is 8.46. The second-order valence-corrected chi connectivity index (χ2v) is 4.85. The van der Waals surface area contributed by atoms with E-state index in [-0.39, 0.29) is 6.23 Å². The summed E-state index contributed by atoms with van der Waals surface area (Å²) in [5.41, 5.74) is 8.04. The van der Waals surface area contributed by atoms with Crippen molar-refractivity contribution < 1.29 is 4.74 Å². The summed E-state index contributed by atoms with van der Waals surface area (Å²) in [7, 11) is 0. The number of anilines is 1. The fraction of sp³-hybridized carbons (Fsp3) is 0.538. The first-order valence-electron chi connectivity index (χ1n) is 6.46. The molecule has 1 aliphatic heterocycles. The van der Waals surface area contributed by atoms with Gasteiger partial charge in [-0.3, -0.25) is 0 Å². The number of nitrogen functional groups attached to an aromatic ring is 1. The van der Waals surface area contributed by atoms with Gasteiger partial charge in [-0.25, -0.2) is 9.97 Å². The van der Waals surface area contributed by atoms with Crippen molar-refractivity contribution in [1.29, 1.82) is 0 Å². The zero-order valence-corrected chi connectivity index (χ0v) is 10.8. The van der Waals surface area contributed by atoms with Gasteiger partial charge in [-0.05, 0) is 31.7 Å². The Morgan fingerprint density at radius 1 is 1.44 bits per heavy atom. The number of hydrogen-bond acceptors (Lipinski definition) is 4. The monoisotopic (exact) mass is 246 g/mol. The van der Waals surface area contributed by atoms with Crippen molar-refractivity contribution in [3.8, 4) is 0 Å². The molecule has 0 bridgehead atoms. The molecule has 2 aromatic heterocycles. The van der Waals surface area contributed by atoms with Crippen LogP contribution in [-0.4, -0.2) is 20.6 Å². The van der Waals surface area contributed by atoms with Crippen molar-refractivity contribution in [2.75, 3.05) is 5.73 Å². The summed E-state index contributed by atoms with van der Waals surface area (Å²) in [6.07, 6.45) is 7.06. The average Bonchev–Trinajstić information content (AvgIpc) is 2.93. The van der Waals surface area contributed by atoms with Crippen molar-refractivity contribution >= 4 is 16.9 Å². The molecule has 2 aromatic rings. The molecule has 5 nitrogen and oxygen atoms in total. The van der Waals surface area contributed by atoms with Crippen LogP contribution in [0.15, 0.2) is 12.5 Å². The minimum atomic E-state index is 0.0806. The number of fused-ring (bicyclic) bond motifs is 1. The minimum absolute atomic E-state index is 0.0806. The zero-order chi connectivity index (χ0) is 12.7. The first kappa shape index (κ1) is 11.5. The molecule has 0 spiro atoms. The molecule has 2 N–H and O–H groups in total. The van der Waals surface area contributed by atoms with Gasteiger partial charge in [-0.2, -0.15) is 0 Å². The third-order valence-corrected chi connectivity index (χ3v) is 3.62. The number of aromatic nitrogens is 3. The van der Waals surface area contributed by atoms with Crippen LogP contribution in [-0.2, 0) is 11.2 Å². The zero-order valence-electron chi connectivity index (χ0n) is 10.8. The molecule has 0 aromatic carbocycles. The Morgan fingerprint density at radius 3 is 2.94 bits per heavy atom. The lowest BCUT2D eigenvalue weighted by molar-refractivity contribution is 0.0134. The lowest BCUT2D eigenvalue weighted by Crippen LogP contribution is -2.09. The fourth-order valence-electron chi connectivity index (χ4n) is 2.66. The molecule has 2 atom stereocenters. The maximum atomic E-state index is 5.97. The van der Waals surface area contributed by atoms with Crippen LogP contribution in [0, 0.1) is 0 Å². The molecule has 5 heteroatoms. The summed E-state index contributed by atoms with van der Waals surface area (Å²) in [6, 6.07) is 0. The van der Waals surface area contributed by atoms with E-state index in [1.807, 2.05) is 0 Å². The standard InChI is InChI=1S/C13H18N4O/c1-3-9-6-17(10-5-4-8(2)18-10)13-11(9)12(14)15-7-16-13/h6-8,10H,3-5H2,1-2H3,(H2,14,15,16). The molecule has 0 aliphatic carbocycles. The number of ether oxygens (including phenoxy) is 1. The first-order valence-corrected chi connectivity index (χ1v) is 6.46. The number of nitrogens with zero attached hydrogens (tertiary/aromatic N) is 3. The van der Waals surface area contributed by atoms with Gasteiger partial charge in [0.15, 0.2) is 0 Å². The molecule has 3 rings (SSSR count). The lowest BCUT2D eigenvalue weighted by Gasteiger charge is -2.13. The predicted octanol–water partition coefficient (Wildman–Crippen LogP) is 2.27. The van der Waals surface area contributed by atoms with E-state index >= 15 is 0 Å². The molecule has 2 unspecified atom stereocenters. The molecular weight excluding hydrogens is 228 g/mol. The second-order valence-electron chi connectivity index (χ2n) is 4.85. The van der Waals surface area contributed by atoms with E-state index in [1.54, 1.807) is 0 Å². The van der Waals surface area contributed by atoms with Gasteiger partial charge in [0, 0.05) is 6.20 Å². The number of aryl methyl sites for hydroxylation is 1. The Morgan fingerprint density at radius 2 is 2.28 bits per heavy atom. The highest BCUT2D eigenvalue weighted by Gasteiger charge is 2.26. The highest BCUT2D eigenvalue weighted by Crippen LogP contribution is 2.33. The molecule has 1 aliphatic rings. The van der Waals surface area contributed by atoms with Crippen LogP contribution in [0.3, 0.4) is 0 Å². The normalized spacial score (nSPS) is 23.9. The first-order chi connectivity index (χ1) is 8.70. The van der Waals surface area contributed by atoms with Gasteiger partial charge in [0.25, 0.3) is 0 Å². The van der Waals surface area contributed by atoms with Gasteiger partial charge in [0.2, 0.25) is 0 Å². The van der Waals surface area contributed by atoms with Crippen molar-refractivity contribution in [2.24, 2.45) is 0 Å². The van der Waals surface area contributed by atoms with E-state index in [4.69, 9.17) is 10.5 Å². The highest BCUT2D eigenvalue weighted by atomic mass is 16.5. The predicted molar refractivity (Wildman–Crippen MR) is 70.1 cm³/mol. The van der Waals surface area contributed by atoms with Crippen molar-refractivity contribution in [3.05, 3.63) is 18.1 Å². The molecule has 1 saturated heterocycles. The van der Waals surface area contributed by atoms with E-state index in [0.29, 0.717) is 11.9 Å². The third-order valence-electron chi connectivity index (χ3n) is 3.62. The number of nitrogens with two attached hydrogens (primary N) is 1. The maximum Gasteiger partial charge on any atom is 0.147 e. The lowest BCUT2D eigenvalue weighted by atomic mass is 10.2. The largest absolute Gasteiger partial charge is 0.383 e. The quantitative estimate of drug-likeness (QED) is 0.882. The summed E-state index contributed by atoms with van der Waals surface area (Å²) in [5, 5.41) is 0.975. The Labute approximate surface area is 106 Å². The Kier molecular flexibility index (Phi) is 2.70. The van der Waals surface area contributed by atoms with Crippen LogP contribution in [0.5, 0.6) is 0 Å². The van der Waals surface area contributed by atoms with E-state index in [9.17, 15) is 0 Å². The van der Waals surface area contributed by atoms with Crippen molar-refractivity contribution in [3.63, 3.8) is 0 Å². The molecule has 0 radical (unpaired) electrons. The molecule has 18 heavy (non-hydrogen) atoms. The Balaban J connectivity index is 2.15. The maximum absolute atomic E-state index is 5.97. The summed E-state index contributed by atoms with van der Waals surface area (Å²) < 4.78 is 8.02. The van der Waals surface area contributed by atoms with Crippen LogP contribution < -0.4 is 5.73 Å². The van der Waals surface area contributed by atoms with E-state index in [1.165, 1.54) is 11.9 Å². The van der Waals surface area contributed by atoms with Crippen LogP contribution in [0.4, 0.5) is 5.82 Å². The topological polar surface area (TPSA) is 66.0 Å². The number of hydrogen-bond donors (Lipinski definition) is 1. The summed E-state index contributed by atoms with van der Waals surface area (Å²) in [6.45, 7) is 4.22. The molecule has 0 saturated carbocycles. The Bertz CT molecular complexity index is 578. The SMILES string of the molecule is CCc1cn(C2CCC(C)O2)c2ncnc(N)c12. The van der Waals surface area contributed by atoms with Crippen molar-refractivity contribution in [1.82, 2.24) is 14.5 Å². The van der Waals surface area contributed by atoms with Gasteiger partial charge >= 0.3 is 0 Å². The van der Waals surface area contributed by atoms with Crippen molar-refractivity contribution in [2.45, 2.75) is 45.4 Å². The Hall–Kier alpha value is -1.62. The third kappa shape index (κ3) is 1.66. The second kappa shape index (κ2) is 4.24. The van der Waals surface area contributed by atoms with Crippen LogP contribution in [0.1, 0.15) is 38.5 Å². The van der Waals surface area contributed by atoms with Crippen LogP contribution >= 0.6 is 0 Å². The van der Waals surface area contributed by atoms with Crippen LogP contribution in [0.25, 0.3) is 11.0 Å². The van der Waals surface area contributed by atoms with Gasteiger partial charge in [-0.15, -0.1) is 0 Å². The molecule has 0 amide bonds. The van der Waals surface area contributed by atoms with Gasteiger partial charge in [0.1, 0.15) is 24.0 Å². The fourth-order valence-corrected chi connectivity index (χ4v) is 2.66.